The Kier molecular flexibility index (Phi) is 46.1. The van der Waals surface area contributed by atoms with Crippen LogP contribution < -0.4 is 34.0 Å². The second kappa shape index (κ2) is 22.4. The van der Waals surface area contributed by atoms with Gasteiger partial charge in [-0.3, -0.25) is 0 Å². The molecule has 0 aliphatic rings. The molecule has 0 aromatic heterocycles. The van der Waals surface area contributed by atoms with Gasteiger partial charge in [0, 0.05) is 12.8 Å². The topological polar surface area (TPSA) is 47.6 Å². The van der Waals surface area contributed by atoms with Crippen molar-refractivity contribution in [2.24, 2.45) is 0 Å². The van der Waals surface area contributed by atoms with Gasteiger partial charge in [-0.1, -0.05) is 0 Å². The maximum Gasteiger partial charge on any atom is 2.00 e. The number of nitriles is 2. The minimum absolute atomic E-state index is 0. The van der Waals surface area contributed by atoms with Gasteiger partial charge >= 0.3 is 23.1 Å². The molecule has 0 fully saturated rings. The van der Waals surface area contributed by atoms with Gasteiger partial charge in [0.1, 0.15) is 0 Å². The Morgan fingerprint density at radius 1 is 0.818 bits per heavy atom. The van der Waals surface area contributed by atoms with Gasteiger partial charge in [0.05, 0.1) is 12.1 Å². The van der Waals surface area contributed by atoms with Gasteiger partial charge < -0.3 is 34.0 Å². The van der Waals surface area contributed by atoms with E-state index >= 15 is 0 Å². The van der Waals surface area contributed by atoms with Gasteiger partial charge in [0.15, 0.2) is 0 Å². The van der Waals surface area contributed by atoms with E-state index in [0.29, 0.717) is 12.8 Å². The fraction of sp³-hybridized carbons (Fsp3) is 0.667. The molecule has 0 aliphatic carbocycles. The largest absolute Gasteiger partial charge is 2.00 e. The Balaban J connectivity index is -0.0000000817. The van der Waals surface area contributed by atoms with Gasteiger partial charge in [0.25, 0.3) is 0 Å². The van der Waals surface area contributed by atoms with Crippen LogP contribution in [-0.4, -0.2) is 23.1 Å². The molecule has 0 aromatic carbocycles. The van der Waals surface area contributed by atoms with Gasteiger partial charge in [-0.25, -0.2) is 0 Å². The number of hydrogen-bond donors (Lipinski definition) is 0. The molecule has 0 aromatic rings. The van der Waals surface area contributed by atoms with E-state index in [2.05, 4.69) is 0 Å². The molecule has 0 radical (unpaired) electrons. The average Bonchev–Trinajstić information content (AvgIpc) is 1.81. The monoisotopic (exact) mass is 290 g/mol. The molecule has 0 saturated carbocycles. The second-order valence-electron chi connectivity index (χ2n) is 1.52. The van der Waals surface area contributed by atoms with Crippen molar-refractivity contribution in [2.75, 3.05) is 0 Å². The molecule has 0 atom stereocenters. The first-order valence-electron chi connectivity index (χ1n) is 2.65. The molecule has 58 valence electrons. The summed E-state index contributed by atoms with van der Waals surface area (Å²) in [5.41, 5.74) is 0. The molecule has 0 heterocycles. The molecule has 0 aliphatic heterocycles. The van der Waals surface area contributed by atoms with Crippen LogP contribution in [0.1, 0.15) is 25.7 Å². The molecular formula is C6H8Br2MgN2. The number of rotatable bonds is 3. The molecule has 0 unspecified atom stereocenters. The first kappa shape index (κ1) is 22.6. The maximum absolute atomic E-state index is 8.03. The van der Waals surface area contributed by atoms with E-state index in [4.69, 9.17) is 10.5 Å². The molecule has 0 bridgehead atoms. The summed E-state index contributed by atoms with van der Waals surface area (Å²) in [4.78, 5) is 0. The van der Waals surface area contributed by atoms with Crippen LogP contribution in [0.2, 0.25) is 0 Å². The van der Waals surface area contributed by atoms with Crippen LogP contribution in [0.4, 0.5) is 0 Å². The zero-order valence-electron chi connectivity index (χ0n) is 6.19. The van der Waals surface area contributed by atoms with Crippen molar-refractivity contribution in [3.05, 3.63) is 0 Å². The number of halogens is 2. The standard InChI is InChI=1S/C6H8N2.2BrH.Mg/c7-5-3-1-2-4-6-8;;;/h1-4H2;2*1H;/q;;;+2/p-2. The summed E-state index contributed by atoms with van der Waals surface area (Å²) in [5.74, 6) is 0. The van der Waals surface area contributed by atoms with Crippen molar-refractivity contribution in [3.8, 4) is 12.1 Å². The second-order valence-corrected chi connectivity index (χ2v) is 1.52. The van der Waals surface area contributed by atoms with Gasteiger partial charge in [-0.2, -0.15) is 10.5 Å². The normalized spacial score (nSPS) is 5.27. The van der Waals surface area contributed by atoms with E-state index in [9.17, 15) is 0 Å². The molecule has 2 nitrogen and oxygen atoms in total. The van der Waals surface area contributed by atoms with Crippen LogP contribution in [0, 0.1) is 22.7 Å². The van der Waals surface area contributed by atoms with E-state index in [-0.39, 0.29) is 57.0 Å². The Morgan fingerprint density at radius 2 is 1.09 bits per heavy atom. The van der Waals surface area contributed by atoms with Gasteiger partial charge in [0.2, 0.25) is 0 Å². The minimum atomic E-state index is 0. The molecule has 11 heavy (non-hydrogen) atoms. The molecule has 0 N–H and O–H groups in total. The van der Waals surface area contributed by atoms with Crippen LogP contribution in [-0.2, 0) is 0 Å². The number of nitrogens with zero attached hydrogens (tertiary/aromatic N) is 2. The zero-order valence-corrected chi connectivity index (χ0v) is 10.8. The Hall–Kier alpha value is 0.706. The molecule has 5 heteroatoms. The molecule has 0 amide bonds. The van der Waals surface area contributed by atoms with Crippen molar-refractivity contribution in [3.63, 3.8) is 0 Å². The third kappa shape index (κ3) is 24.9. The zero-order chi connectivity index (χ0) is 6.24. The summed E-state index contributed by atoms with van der Waals surface area (Å²) in [6, 6.07) is 4.03. The summed E-state index contributed by atoms with van der Waals surface area (Å²) in [5, 5.41) is 16.1. The van der Waals surface area contributed by atoms with Crippen molar-refractivity contribution in [2.45, 2.75) is 25.7 Å². The maximum atomic E-state index is 8.03. The van der Waals surface area contributed by atoms with Gasteiger partial charge in [-0.05, 0) is 12.8 Å². The van der Waals surface area contributed by atoms with Crippen LogP contribution in [0.25, 0.3) is 0 Å². The predicted octanol–water partition coefficient (Wildman–Crippen LogP) is -4.78. The van der Waals surface area contributed by atoms with Crippen LogP contribution in [0.5, 0.6) is 0 Å². The first-order valence-corrected chi connectivity index (χ1v) is 2.65. The third-order valence-corrected chi connectivity index (χ3v) is 0.827. The van der Waals surface area contributed by atoms with Crippen molar-refractivity contribution < 1.29 is 34.0 Å². The van der Waals surface area contributed by atoms with Crippen molar-refractivity contribution >= 4 is 23.1 Å². The van der Waals surface area contributed by atoms with Crippen LogP contribution in [0.15, 0.2) is 0 Å². The van der Waals surface area contributed by atoms with E-state index in [0.717, 1.165) is 12.8 Å². The van der Waals surface area contributed by atoms with E-state index in [1.54, 1.807) is 0 Å². The van der Waals surface area contributed by atoms with E-state index in [1.165, 1.54) is 0 Å². The number of hydrogen-bond acceptors (Lipinski definition) is 2. The molecule has 0 rings (SSSR count). The van der Waals surface area contributed by atoms with Crippen LogP contribution in [0.3, 0.4) is 0 Å². The van der Waals surface area contributed by atoms with E-state index in [1.807, 2.05) is 12.1 Å². The summed E-state index contributed by atoms with van der Waals surface area (Å²) in [6.45, 7) is 0. The fourth-order valence-electron chi connectivity index (χ4n) is 0.408. The molecule has 0 saturated heterocycles. The summed E-state index contributed by atoms with van der Waals surface area (Å²) in [7, 11) is 0. The van der Waals surface area contributed by atoms with Crippen LogP contribution >= 0.6 is 0 Å². The van der Waals surface area contributed by atoms with Crippen molar-refractivity contribution in [1.29, 1.82) is 10.5 Å². The smallest absolute Gasteiger partial charge is 1.00 e. The SMILES string of the molecule is N#CCCCCC#N.[Br-].[Br-].[Mg+2]. The molecular weight excluding hydrogens is 284 g/mol. The Morgan fingerprint density at radius 3 is 1.27 bits per heavy atom. The first-order chi connectivity index (χ1) is 3.91. The third-order valence-electron chi connectivity index (χ3n) is 0.827. The fourth-order valence-corrected chi connectivity index (χ4v) is 0.408. The Labute approximate surface area is 105 Å². The summed E-state index contributed by atoms with van der Waals surface area (Å²) < 4.78 is 0. The van der Waals surface area contributed by atoms with Crippen molar-refractivity contribution in [1.82, 2.24) is 0 Å². The summed E-state index contributed by atoms with van der Waals surface area (Å²) in [6.07, 6.45) is 2.90. The predicted molar refractivity (Wildman–Crippen MR) is 35.4 cm³/mol. The minimum Gasteiger partial charge on any atom is -1.00 e. The average molecular weight is 292 g/mol. The summed E-state index contributed by atoms with van der Waals surface area (Å²) >= 11 is 0. The quantitative estimate of drug-likeness (QED) is 0.387. The molecule has 0 spiro atoms. The number of unbranched alkanes of at least 4 members (excludes halogenated alkanes) is 3. The Bertz CT molecular complexity index is 112. The van der Waals surface area contributed by atoms with E-state index < -0.39 is 0 Å². The van der Waals surface area contributed by atoms with Gasteiger partial charge in [-0.15, -0.1) is 0 Å².